The van der Waals surface area contributed by atoms with Gasteiger partial charge < -0.3 is 0 Å². The van der Waals surface area contributed by atoms with Gasteiger partial charge >= 0.3 is 0 Å². The summed E-state index contributed by atoms with van der Waals surface area (Å²) in [4.78, 5) is 0.0937. The van der Waals surface area contributed by atoms with Gasteiger partial charge in [-0.05, 0) is 18.9 Å². The minimum absolute atomic E-state index is 0.0937. The largest absolute Gasteiger partial charge is 0.245 e. The van der Waals surface area contributed by atoms with Crippen LogP contribution in [-0.2, 0) is 10.0 Å². The molecule has 1 unspecified atom stereocenters. The zero-order valence-corrected chi connectivity index (χ0v) is 13.3. The lowest BCUT2D eigenvalue weighted by molar-refractivity contribution is 0.271. The molecule has 1 aromatic heterocycles. The summed E-state index contributed by atoms with van der Waals surface area (Å²) in [5.41, 5.74) is 0. The number of thiophene rings is 1. The summed E-state index contributed by atoms with van der Waals surface area (Å²) >= 11 is 18.7. The average Bonchev–Trinajstić information content (AvgIpc) is 2.69. The number of piperidine rings is 1. The topological polar surface area (TPSA) is 37.4 Å². The Morgan fingerprint density at radius 2 is 2.11 bits per heavy atom. The average molecular weight is 349 g/mol. The molecule has 1 fully saturated rings. The molecule has 0 bridgehead atoms. The van der Waals surface area contributed by atoms with E-state index in [1.54, 1.807) is 0 Å². The van der Waals surface area contributed by atoms with Gasteiger partial charge in [-0.15, -0.1) is 22.9 Å². The van der Waals surface area contributed by atoms with Crippen LogP contribution < -0.4 is 0 Å². The lowest BCUT2D eigenvalue weighted by Crippen LogP contribution is -2.44. The van der Waals surface area contributed by atoms with Gasteiger partial charge in [0.2, 0.25) is 10.0 Å². The fraction of sp³-hybridized carbons (Fsp3) is 0.600. The smallest absolute Gasteiger partial charge is 0.207 e. The van der Waals surface area contributed by atoms with Gasteiger partial charge in [0.25, 0.3) is 0 Å². The molecule has 2 heterocycles. The Hall–Kier alpha value is 0.480. The van der Waals surface area contributed by atoms with Crippen molar-refractivity contribution in [3.05, 3.63) is 14.7 Å². The first-order valence-electron chi connectivity index (χ1n) is 5.49. The summed E-state index contributed by atoms with van der Waals surface area (Å²) in [6, 6.07) is 1.25. The van der Waals surface area contributed by atoms with Gasteiger partial charge in [-0.25, -0.2) is 8.42 Å². The maximum Gasteiger partial charge on any atom is 0.245 e. The van der Waals surface area contributed by atoms with Crippen LogP contribution in [0.1, 0.15) is 19.3 Å². The van der Waals surface area contributed by atoms with Crippen molar-refractivity contribution < 1.29 is 8.42 Å². The molecule has 1 atom stereocenters. The molecule has 1 aromatic rings. The van der Waals surface area contributed by atoms with Gasteiger partial charge in [0.1, 0.15) is 9.23 Å². The van der Waals surface area contributed by atoms with E-state index in [4.69, 9.17) is 34.8 Å². The first-order chi connectivity index (χ1) is 8.46. The van der Waals surface area contributed by atoms with Gasteiger partial charge in [-0.1, -0.05) is 29.6 Å². The number of alkyl halides is 1. The summed E-state index contributed by atoms with van der Waals surface area (Å²) < 4.78 is 27.1. The maximum absolute atomic E-state index is 12.5. The minimum Gasteiger partial charge on any atom is -0.207 e. The van der Waals surface area contributed by atoms with Crippen LogP contribution in [0, 0.1) is 0 Å². The summed E-state index contributed by atoms with van der Waals surface area (Å²) in [6.07, 6.45) is 2.64. The molecule has 0 aromatic carbocycles. The molecule has 102 valence electrons. The maximum atomic E-state index is 12.5. The third kappa shape index (κ3) is 2.81. The van der Waals surface area contributed by atoms with Crippen molar-refractivity contribution >= 4 is 56.2 Å². The highest BCUT2D eigenvalue weighted by Gasteiger charge is 2.35. The van der Waals surface area contributed by atoms with Crippen molar-refractivity contribution in [3.63, 3.8) is 0 Å². The fourth-order valence-electron chi connectivity index (χ4n) is 2.07. The molecule has 0 amide bonds. The summed E-state index contributed by atoms with van der Waals surface area (Å²) in [5, 5.41) is 0. The van der Waals surface area contributed by atoms with E-state index in [1.807, 2.05) is 0 Å². The lowest BCUT2D eigenvalue weighted by atomic mass is 10.1. The predicted octanol–water partition coefficient (Wildman–Crippen LogP) is 3.84. The molecule has 8 heteroatoms. The monoisotopic (exact) mass is 347 g/mol. The molecule has 1 saturated heterocycles. The fourth-order valence-corrected chi connectivity index (χ4v) is 6.28. The zero-order valence-electron chi connectivity index (χ0n) is 9.40. The van der Waals surface area contributed by atoms with Gasteiger partial charge in [0, 0.05) is 18.5 Å². The Labute approximate surface area is 126 Å². The van der Waals surface area contributed by atoms with Crippen LogP contribution in [-0.4, -0.2) is 31.2 Å². The molecule has 0 spiro atoms. The van der Waals surface area contributed by atoms with Crippen LogP contribution in [0.3, 0.4) is 0 Å². The quantitative estimate of drug-likeness (QED) is 0.778. The van der Waals surface area contributed by atoms with E-state index < -0.39 is 10.0 Å². The summed E-state index contributed by atoms with van der Waals surface area (Å²) in [5.74, 6) is 0.300. The van der Waals surface area contributed by atoms with Crippen LogP contribution in [0.4, 0.5) is 0 Å². The standard InChI is InChI=1S/C10H12Cl3NO2S2/c11-6-7-3-1-2-4-14(7)18(15,16)8-5-9(12)17-10(8)13/h5,7H,1-4,6H2. The second-order valence-electron chi connectivity index (χ2n) is 4.11. The molecule has 18 heavy (non-hydrogen) atoms. The molecule has 1 aliphatic heterocycles. The molecule has 2 rings (SSSR count). The van der Waals surface area contributed by atoms with Gasteiger partial charge in [-0.2, -0.15) is 4.31 Å². The van der Waals surface area contributed by atoms with Gasteiger partial charge in [0.15, 0.2) is 0 Å². The van der Waals surface area contributed by atoms with Crippen LogP contribution >= 0.6 is 46.1 Å². The Bertz CT molecular complexity index is 529. The van der Waals surface area contributed by atoms with Crippen molar-refractivity contribution in [2.24, 2.45) is 0 Å². The van der Waals surface area contributed by atoms with E-state index in [2.05, 4.69) is 0 Å². The van der Waals surface area contributed by atoms with Gasteiger partial charge in [-0.3, -0.25) is 0 Å². The molecule has 1 aliphatic rings. The lowest BCUT2D eigenvalue weighted by Gasteiger charge is -2.33. The van der Waals surface area contributed by atoms with Gasteiger partial charge in [0.05, 0.1) is 4.34 Å². The van der Waals surface area contributed by atoms with E-state index >= 15 is 0 Å². The molecule has 0 saturated carbocycles. The van der Waals surface area contributed by atoms with Crippen molar-refractivity contribution in [2.45, 2.75) is 30.2 Å². The third-order valence-electron chi connectivity index (χ3n) is 2.96. The number of hydrogen-bond donors (Lipinski definition) is 0. The molecule has 0 radical (unpaired) electrons. The third-order valence-corrected chi connectivity index (χ3v) is 7.02. The Morgan fingerprint density at radius 1 is 1.39 bits per heavy atom. The number of rotatable bonds is 3. The highest BCUT2D eigenvalue weighted by Crippen LogP contribution is 2.37. The van der Waals surface area contributed by atoms with Crippen molar-refractivity contribution in [3.8, 4) is 0 Å². The summed E-state index contributed by atoms with van der Waals surface area (Å²) in [6.45, 7) is 0.490. The van der Waals surface area contributed by atoms with Crippen molar-refractivity contribution in [2.75, 3.05) is 12.4 Å². The van der Waals surface area contributed by atoms with Crippen LogP contribution in [0.25, 0.3) is 0 Å². The normalized spacial score (nSPS) is 22.3. The Balaban J connectivity index is 2.38. The summed E-state index contributed by atoms with van der Waals surface area (Å²) in [7, 11) is -3.59. The van der Waals surface area contributed by atoms with E-state index in [9.17, 15) is 8.42 Å². The number of halogens is 3. The van der Waals surface area contributed by atoms with E-state index in [0.717, 1.165) is 30.6 Å². The second-order valence-corrected chi connectivity index (χ2v) is 8.56. The van der Waals surface area contributed by atoms with Crippen LogP contribution in [0.2, 0.25) is 8.67 Å². The molecular weight excluding hydrogens is 337 g/mol. The number of hydrogen-bond acceptors (Lipinski definition) is 3. The first kappa shape index (κ1) is 14.9. The number of sulfonamides is 1. The van der Waals surface area contributed by atoms with Crippen LogP contribution in [0.15, 0.2) is 11.0 Å². The van der Waals surface area contributed by atoms with Crippen molar-refractivity contribution in [1.82, 2.24) is 4.31 Å². The second kappa shape index (κ2) is 5.85. The molecule has 3 nitrogen and oxygen atoms in total. The highest BCUT2D eigenvalue weighted by atomic mass is 35.5. The number of nitrogens with zero attached hydrogens (tertiary/aromatic N) is 1. The first-order valence-corrected chi connectivity index (χ1v) is 9.04. The Kier molecular flexibility index (Phi) is 4.84. The SMILES string of the molecule is O=S(=O)(c1cc(Cl)sc1Cl)N1CCCCC1CCl. The molecule has 0 N–H and O–H groups in total. The van der Waals surface area contributed by atoms with E-state index in [1.165, 1.54) is 10.4 Å². The highest BCUT2D eigenvalue weighted by molar-refractivity contribution is 7.89. The zero-order chi connectivity index (χ0) is 13.3. The Morgan fingerprint density at radius 3 is 2.67 bits per heavy atom. The van der Waals surface area contributed by atoms with Crippen molar-refractivity contribution in [1.29, 1.82) is 0 Å². The molecule has 0 aliphatic carbocycles. The van der Waals surface area contributed by atoms with E-state index in [0.29, 0.717) is 16.8 Å². The predicted molar refractivity (Wildman–Crippen MR) is 76.6 cm³/mol. The minimum atomic E-state index is -3.59. The van der Waals surface area contributed by atoms with Crippen LogP contribution in [0.5, 0.6) is 0 Å². The van der Waals surface area contributed by atoms with E-state index in [-0.39, 0.29) is 15.3 Å². The molecular formula is C10H12Cl3NO2S2.